The van der Waals surface area contributed by atoms with Gasteiger partial charge in [0, 0.05) is 19.5 Å². The summed E-state index contributed by atoms with van der Waals surface area (Å²) >= 11 is 0. The predicted octanol–water partition coefficient (Wildman–Crippen LogP) is 0.305. The van der Waals surface area contributed by atoms with Crippen molar-refractivity contribution in [3.63, 3.8) is 0 Å². The van der Waals surface area contributed by atoms with E-state index in [1.807, 2.05) is 30.3 Å². The lowest BCUT2D eigenvalue weighted by molar-refractivity contribution is -0.138. The fraction of sp³-hybridized carbons (Fsp3) is 0.370. The highest BCUT2D eigenvalue weighted by molar-refractivity contribution is 5.89. The summed E-state index contributed by atoms with van der Waals surface area (Å²) in [4.78, 5) is 45.6. The van der Waals surface area contributed by atoms with E-state index in [0.29, 0.717) is 37.9 Å². The summed E-state index contributed by atoms with van der Waals surface area (Å²) in [5.74, 6) is -2.85. The van der Waals surface area contributed by atoms with Crippen molar-refractivity contribution in [2.24, 2.45) is 11.5 Å². The molecule has 13 heteroatoms. The minimum Gasteiger partial charge on any atom is -0.508 e. The van der Waals surface area contributed by atoms with Crippen LogP contribution in [0.5, 0.6) is 5.75 Å². The van der Waals surface area contributed by atoms with Crippen LogP contribution in [0.2, 0.25) is 0 Å². The predicted molar refractivity (Wildman–Crippen MR) is 149 cm³/mol. The largest absolute Gasteiger partial charge is 0.508 e. The molecule has 0 aromatic heterocycles. The number of phenols is 1. The van der Waals surface area contributed by atoms with E-state index in [0.717, 1.165) is 5.56 Å². The molecule has 0 bridgehead atoms. The quantitative estimate of drug-likeness (QED) is 0.0822. The number of rotatable bonds is 15. The summed E-state index contributed by atoms with van der Waals surface area (Å²) in [5.41, 5.74) is 12.7. The maximum Gasteiger partial charge on any atom is 0.307 e. The minimum absolute atomic E-state index is 0.000278. The van der Waals surface area contributed by atoms with E-state index in [2.05, 4.69) is 16.0 Å². The van der Waals surface area contributed by atoms with Gasteiger partial charge in [-0.1, -0.05) is 42.5 Å². The van der Waals surface area contributed by atoms with Crippen LogP contribution in [0.1, 0.15) is 36.8 Å². The molecule has 0 radical (unpaired) electrons. The van der Waals surface area contributed by atoms with Gasteiger partial charge < -0.3 is 42.7 Å². The molecule has 2 atom stereocenters. The molecule has 2 aromatic carbocycles. The molecular weight excluding hydrogens is 520 g/mol. The molecule has 218 valence electrons. The first-order valence-electron chi connectivity index (χ1n) is 12.6. The smallest absolute Gasteiger partial charge is 0.307 e. The van der Waals surface area contributed by atoms with Crippen molar-refractivity contribution >= 4 is 29.7 Å². The topological polar surface area (TPSA) is 241 Å². The van der Waals surface area contributed by atoms with Gasteiger partial charge in [-0.15, -0.1) is 0 Å². The molecular formula is C27H38N6O7. The van der Waals surface area contributed by atoms with Gasteiger partial charge in [0.1, 0.15) is 11.8 Å². The zero-order chi connectivity index (χ0) is 29.9. The van der Waals surface area contributed by atoms with Gasteiger partial charge in [0.25, 0.3) is 0 Å². The van der Waals surface area contributed by atoms with Crippen molar-refractivity contribution in [1.82, 2.24) is 16.0 Å². The van der Waals surface area contributed by atoms with Gasteiger partial charge in [-0.3, -0.25) is 24.6 Å². The Morgan fingerprint density at radius 1 is 0.825 bits per heavy atom. The van der Waals surface area contributed by atoms with E-state index >= 15 is 0 Å². The van der Waals surface area contributed by atoms with Crippen LogP contribution in [0, 0.1) is 5.41 Å². The van der Waals surface area contributed by atoms with Gasteiger partial charge in [0.15, 0.2) is 5.96 Å². The highest BCUT2D eigenvalue weighted by atomic mass is 16.4. The van der Waals surface area contributed by atoms with Gasteiger partial charge in [0.05, 0.1) is 12.5 Å². The Hall–Kier alpha value is -4.65. The summed E-state index contributed by atoms with van der Waals surface area (Å²) in [6.45, 7) is 0.788. The molecule has 0 fully saturated rings. The normalized spacial score (nSPS) is 11.6. The number of nitrogens with two attached hydrogens (primary N) is 2. The minimum atomic E-state index is -1.04. The van der Waals surface area contributed by atoms with Crippen molar-refractivity contribution in [1.29, 1.82) is 5.41 Å². The molecule has 0 heterocycles. The number of phenolic OH excluding ortho intramolecular Hbond substituents is 1. The number of aromatic hydroxyl groups is 1. The van der Waals surface area contributed by atoms with Crippen molar-refractivity contribution in [2.45, 2.75) is 50.6 Å². The summed E-state index contributed by atoms with van der Waals surface area (Å²) < 4.78 is 0. The number of nitrogens with one attached hydrogen (secondary N) is 4. The standard InChI is InChI=1S/C19H30N6O4.C8H8O3/c20-14(8-9-16(26)27)17(28)25-15(7-4-11-24-19(21)22)18(29)23-12-10-13-5-2-1-3-6-13;9-7-3-1-6(2-4-7)5-8(10)11/h1-3,5-6,14-15H,4,7-12,20H2,(H,23,29)(H,25,28)(H,26,27)(H4,21,22,24);1-4,9H,5H2,(H,10,11)/t14-,15-;/m0./s1. The Morgan fingerprint density at radius 2 is 1.48 bits per heavy atom. The summed E-state index contributed by atoms with van der Waals surface area (Å²) in [7, 11) is 0. The maximum atomic E-state index is 12.5. The number of amides is 2. The van der Waals surface area contributed by atoms with Crippen LogP contribution in [0.25, 0.3) is 0 Å². The lowest BCUT2D eigenvalue weighted by Gasteiger charge is -2.21. The molecule has 13 nitrogen and oxygen atoms in total. The fourth-order valence-electron chi connectivity index (χ4n) is 3.37. The van der Waals surface area contributed by atoms with Gasteiger partial charge in [0.2, 0.25) is 11.8 Å². The van der Waals surface area contributed by atoms with Crippen molar-refractivity contribution < 1.29 is 34.5 Å². The number of carboxylic acids is 2. The number of carbonyl (C=O) groups is 4. The second-order valence-corrected chi connectivity index (χ2v) is 8.85. The van der Waals surface area contributed by atoms with Crippen molar-refractivity contribution in [3.05, 3.63) is 65.7 Å². The molecule has 2 amide bonds. The third kappa shape index (κ3) is 15.6. The lowest BCUT2D eigenvalue weighted by Crippen LogP contribution is -2.52. The number of benzene rings is 2. The molecule has 0 saturated heterocycles. The Kier molecular flexibility index (Phi) is 15.5. The number of hydrogen-bond acceptors (Lipinski definition) is 7. The lowest BCUT2D eigenvalue weighted by atomic mass is 10.1. The molecule has 0 aliphatic carbocycles. The van der Waals surface area contributed by atoms with Crippen molar-refractivity contribution in [3.8, 4) is 5.75 Å². The summed E-state index contributed by atoms with van der Waals surface area (Å²) in [5, 5.41) is 41.1. The number of aliphatic carboxylic acids is 2. The molecule has 0 aliphatic rings. The van der Waals surface area contributed by atoms with Gasteiger partial charge in [-0.2, -0.15) is 0 Å². The zero-order valence-corrected chi connectivity index (χ0v) is 22.1. The van der Waals surface area contributed by atoms with Crippen LogP contribution in [0.3, 0.4) is 0 Å². The third-order valence-corrected chi connectivity index (χ3v) is 5.47. The monoisotopic (exact) mass is 558 g/mol. The fourth-order valence-corrected chi connectivity index (χ4v) is 3.37. The first kappa shape index (κ1) is 33.4. The van der Waals surface area contributed by atoms with Crippen LogP contribution in [-0.4, -0.2) is 70.2 Å². The Morgan fingerprint density at radius 3 is 2.05 bits per heavy atom. The molecule has 0 saturated carbocycles. The maximum absolute atomic E-state index is 12.5. The zero-order valence-electron chi connectivity index (χ0n) is 22.1. The van der Waals surface area contributed by atoms with Crippen LogP contribution in [0.4, 0.5) is 0 Å². The number of guanidine groups is 1. The molecule has 40 heavy (non-hydrogen) atoms. The first-order chi connectivity index (χ1) is 19.0. The highest BCUT2D eigenvalue weighted by Gasteiger charge is 2.23. The Labute approximate surface area is 232 Å². The number of carbonyl (C=O) groups excluding carboxylic acids is 2. The Balaban J connectivity index is 0.000000603. The second-order valence-electron chi connectivity index (χ2n) is 8.85. The average molecular weight is 559 g/mol. The van der Waals surface area contributed by atoms with Crippen LogP contribution < -0.4 is 27.4 Å². The second kappa shape index (κ2) is 18.6. The van der Waals surface area contributed by atoms with Crippen LogP contribution in [-0.2, 0) is 32.0 Å². The van der Waals surface area contributed by atoms with E-state index in [9.17, 15) is 19.2 Å². The average Bonchev–Trinajstić information content (AvgIpc) is 2.90. The summed E-state index contributed by atoms with van der Waals surface area (Å²) in [6, 6.07) is 13.9. The first-order valence-corrected chi connectivity index (χ1v) is 12.6. The molecule has 0 spiro atoms. The van der Waals surface area contributed by atoms with Crippen LogP contribution in [0.15, 0.2) is 54.6 Å². The molecule has 11 N–H and O–H groups in total. The van der Waals surface area contributed by atoms with E-state index in [4.69, 9.17) is 32.2 Å². The van der Waals surface area contributed by atoms with E-state index in [-0.39, 0.29) is 36.9 Å². The SMILES string of the molecule is N=C(N)NCCC[C@H](NC(=O)[C@@H](N)CCC(=O)O)C(=O)NCCc1ccccc1.O=C(O)Cc1ccc(O)cc1. The number of hydrogen-bond donors (Lipinski definition) is 9. The molecule has 0 aliphatic heterocycles. The summed E-state index contributed by atoms with van der Waals surface area (Å²) in [6.07, 6.45) is 1.20. The van der Waals surface area contributed by atoms with E-state index in [1.54, 1.807) is 12.1 Å². The van der Waals surface area contributed by atoms with Crippen LogP contribution >= 0.6 is 0 Å². The van der Waals surface area contributed by atoms with E-state index in [1.165, 1.54) is 12.1 Å². The third-order valence-electron chi connectivity index (χ3n) is 5.47. The van der Waals surface area contributed by atoms with E-state index < -0.39 is 29.9 Å². The molecule has 2 rings (SSSR count). The van der Waals surface area contributed by atoms with Gasteiger partial charge in [-0.25, -0.2) is 0 Å². The van der Waals surface area contributed by atoms with Crippen molar-refractivity contribution in [2.75, 3.05) is 13.1 Å². The Bertz CT molecular complexity index is 1100. The molecule has 2 aromatic rings. The highest BCUT2D eigenvalue weighted by Crippen LogP contribution is 2.09. The van der Waals surface area contributed by atoms with Gasteiger partial charge in [-0.05, 0) is 48.9 Å². The molecule has 0 unspecified atom stereocenters. The number of carboxylic acid groups (broad SMARTS) is 2. The van der Waals surface area contributed by atoms with Gasteiger partial charge >= 0.3 is 11.9 Å².